The Labute approximate surface area is 156 Å². The van der Waals surface area contributed by atoms with Crippen molar-refractivity contribution in [2.45, 2.75) is 58.2 Å². The molecule has 0 radical (unpaired) electrons. The number of carbonyl (C=O) groups is 1. The average Bonchev–Trinajstić information content (AvgIpc) is 3.13. The van der Waals surface area contributed by atoms with E-state index in [4.69, 9.17) is 4.52 Å². The summed E-state index contributed by atoms with van der Waals surface area (Å²) in [5, 5.41) is 3.97. The summed E-state index contributed by atoms with van der Waals surface area (Å²) in [5.74, 6) is 0.942. The summed E-state index contributed by atoms with van der Waals surface area (Å²) in [6.45, 7) is 8.27. The second kappa shape index (κ2) is 8.04. The lowest BCUT2D eigenvalue weighted by Crippen LogP contribution is -2.49. The lowest BCUT2D eigenvalue weighted by Gasteiger charge is -2.41. The molecule has 2 atom stereocenters. The predicted molar refractivity (Wildman–Crippen MR) is 102 cm³/mol. The molecule has 1 amide bonds. The molecular formula is C21H29N3O2. The quantitative estimate of drug-likeness (QED) is 0.815. The highest BCUT2D eigenvalue weighted by atomic mass is 16.5. The molecule has 0 spiro atoms. The van der Waals surface area contributed by atoms with Gasteiger partial charge in [-0.15, -0.1) is 0 Å². The number of piperidine rings is 1. The first-order chi connectivity index (χ1) is 12.5. The van der Waals surface area contributed by atoms with Crippen LogP contribution in [-0.4, -0.2) is 46.5 Å². The van der Waals surface area contributed by atoms with Gasteiger partial charge in [-0.3, -0.25) is 9.69 Å². The zero-order chi connectivity index (χ0) is 18.7. The zero-order valence-electron chi connectivity index (χ0n) is 16.2. The molecule has 1 aromatic carbocycles. The van der Waals surface area contributed by atoms with Gasteiger partial charge in [0.25, 0.3) is 5.91 Å². The van der Waals surface area contributed by atoms with Crippen LogP contribution in [0.2, 0.25) is 0 Å². The summed E-state index contributed by atoms with van der Waals surface area (Å²) in [4.78, 5) is 17.1. The lowest BCUT2D eigenvalue weighted by molar-refractivity contribution is 0.0530. The van der Waals surface area contributed by atoms with Crippen molar-refractivity contribution in [2.24, 2.45) is 0 Å². The van der Waals surface area contributed by atoms with Gasteiger partial charge in [0.2, 0.25) is 0 Å². The minimum atomic E-state index is -0.0469. The van der Waals surface area contributed by atoms with Crippen molar-refractivity contribution in [3.8, 4) is 0 Å². The van der Waals surface area contributed by atoms with Crippen molar-refractivity contribution < 1.29 is 9.32 Å². The molecule has 1 fully saturated rings. The van der Waals surface area contributed by atoms with E-state index in [2.05, 4.69) is 41.2 Å². The molecule has 2 aromatic rings. The van der Waals surface area contributed by atoms with Gasteiger partial charge in [-0.2, -0.15) is 0 Å². The van der Waals surface area contributed by atoms with Crippen LogP contribution in [0.25, 0.3) is 0 Å². The number of nitrogens with zero attached hydrogens (tertiary/aromatic N) is 3. The molecule has 0 N–H and O–H groups in total. The third-order valence-corrected chi connectivity index (χ3v) is 5.40. The average molecular weight is 355 g/mol. The Morgan fingerprint density at radius 2 is 2.08 bits per heavy atom. The molecule has 1 saturated heterocycles. The van der Waals surface area contributed by atoms with Crippen molar-refractivity contribution in [1.82, 2.24) is 15.0 Å². The Hall–Kier alpha value is -2.14. The van der Waals surface area contributed by atoms with E-state index in [0.29, 0.717) is 11.7 Å². The maximum Gasteiger partial charge on any atom is 0.276 e. The van der Waals surface area contributed by atoms with Gasteiger partial charge in [-0.1, -0.05) is 49.3 Å². The van der Waals surface area contributed by atoms with Gasteiger partial charge in [0.15, 0.2) is 5.69 Å². The molecule has 0 aliphatic carbocycles. The first-order valence-electron chi connectivity index (χ1n) is 9.47. The van der Waals surface area contributed by atoms with Crippen LogP contribution in [0, 0.1) is 0 Å². The Kier molecular flexibility index (Phi) is 5.77. The summed E-state index contributed by atoms with van der Waals surface area (Å²) >= 11 is 0. The Bertz CT molecular complexity index is 726. The van der Waals surface area contributed by atoms with Crippen molar-refractivity contribution in [3.05, 3.63) is 53.4 Å². The Morgan fingerprint density at radius 1 is 1.35 bits per heavy atom. The highest BCUT2D eigenvalue weighted by Crippen LogP contribution is 2.24. The smallest absolute Gasteiger partial charge is 0.276 e. The highest BCUT2D eigenvalue weighted by molar-refractivity contribution is 5.92. The second-order valence-electron chi connectivity index (χ2n) is 7.67. The zero-order valence-corrected chi connectivity index (χ0v) is 16.2. The number of hydrogen-bond acceptors (Lipinski definition) is 4. The number of amides is 1. The fraction of sp³-hybridized carbons (Fsp3) is 0.524. The van der Waals surface area contributed by atoms with Crippen LogP contribution < -0.4 is 0 Å². The molecule has 5 nitrogen and oxygen atoms in total. The molecule has 26 heavy (non-hydrogen) atoms. The molecule has 3 rings (SSSR count). The summed E-state index contributed by atoms with van der Waals surface area (Å²) in [6.07, 6.45) is 1.96. The normalized spacial score (nSPS) is 21.1. The lowest BCUT2D eigenvalue weighted by atomic mass is 9.96. The number of aromatic nitrogens is 1. The SMILES string of the molecule is CC(C)c1cc(C(=O)N(C)[C@H]2CCN(Cc3ccccc3)[C@H](C)C2)no1. The maximum atomic E-state index is 12.7. The standard InChI is InChI=1S/C21H29N3O2/c1-15(2)20-13-19(22-26-20)21(25)23(4)18-10-11-24(16(3)12-18)14-17-8-6-5-7-9-17/h5-9,13,15-16,18H,10-12,14H2,1-4H3/t16-,18+/m1/s1. The van der Waals surface area contributed by atoms with Crippen LogP contribution >= 0.6 is 0 Å². The second-order valence-corrected chi connectivity index (χ2v) is 7.67. The van der Waals surface area contributed by atoms with E-state index in [9.17, 15) is 4.79 Å². The van der Waals surface area contributed by atoms with Crippen molar-refractivity contribution in [2.75, 3.05) is 13.6 Å². The molecule has 140 valence electrons. The molecule has 1 aliphatic heterocycles. The minimum absolute atomic E-state index is 0.0469. The summed E-state index contributed by atoms with van der Waals surface area (Å²) in [5.41, 5.74) is 1.75. The summed E-state index contributed by atoms with van der Waals surface area (Å²) < 4.78 is 5.28. The molecule has 2 heterocycles. The Morgan fingerprint density at radius 3 is 2.69 bits per heavy atom. The van der Waals surface area contributed by atoms with Gasteiger partial charge in [-0.25, -0.2) is 0 Å². The van der Waals surface area contributed by atoms with E-state index < -0.39 is 0 Å². The van der Waals surface area contributed by atoms with E-state index in [1.165, 1.54) is 5.56 Å². The number of rotatable bonds is 5. The molecule has 1 aliphatic rings. The molecule has 1 aromatic heterocycles. The van der Waals surface area contributed by atoms with Crippen LogP contribution in [0.5, 0.6) is 0 Å². The van der Waals surface area contributed by atoms with Crippen LogP contribution in [0.3, 0.4) is 0 Å². The van der Waals surface area contributed by atoms with E-state index in [-0.39, 0.29) is 17.9 Å². The van der Waals surface area contributed by atoms with E-state index >= 15 is 0 Å². The largest absolute Gasteiger partial charge is 0.360 e. The maximum absolute atomic E-state index is 12.7. The van der Waals surface area contributed by atoms with Gasteiger partial charge < -0.3 is 9.42 Å². The van der Waals surface area contributed by atoms with Crippen molar-refractivity contribution in [3.63, 3.8) is 0 Å². The Balaban J connectivity index is 1.59. The summed E-state index contributed by atoms with van der Waals surface area (Å²) in [6, 6.07) is 13.0. The van der Waals surface area contributed by atoms with E-state index in [0.717, 1.165) is 31.7 Å². The third kappa shape index (κ3) is 4.15. The fourth-order valence-corrected chi connectivity index (χ4v) is 3.61. The fourth-order valence-electron chi connectivity index (χ4n) is 3.61. The number of hydrogen-bond donors (Lipinski definition) is 0. The van der Waals surface area contributed by atoms with Crippen molar-refractivity contribution in [1.29, 1.82) is 0 Å². The number of benzene rings is 1. The van der Waals surface area contributed by atoms with Crippen LogP contribution in [-0.2, 0) is 6.54 Å². The highest BCUT2D eigenvalue weighted by Gasteiger charge is 2.31. The monoisotopic (exact) mass is 355 g/mol. The third-order valence-electron chi connectivity index (χ3n) is 5.40. The minimum Gasteiger partial charge on any atom is -0.360 e. The van der Waals surface area contributed by atoms with Gasteiger partial charge in [0.1, 0.15) is 5.76 Å². The molecule has 5 heteroatoms. The van der Waals surface area contributed by atoms with Gasteiger partial charge >= 0.3 is 0 Å². The topological polar surface area (TPSA) is 49.6 Å². The van der Waals surface area contributed by atoms with Crippen LogP contribution in [0.15, 0.2) is 40.9 Å². The van der Waals surface area contributed by atoms with E-state index in [1.807, 2.05) is 31.9 Å². The number of carbonyl (C=O) groups excluding carboxylic acids is 1. The van der Waals surface area contributed by atoms with Crippen molar-refractivity contribution >= 4 is 5.91 Å². The summed E-state index contributed by atoms with van der Waals surface area (Å²) in [7, 11) is 1.89. The molecule has 0 saturated carbocycles. The van der Waals surface area contributed by atoms with Crippen LogP contribution in [0.4, 0.5) is 0 Å². The molecular weight excluding hydrogens is 326 g/mol. The predicted octanol–water partition coefficient (Wildman–Crippen LogP) is 3.92. The van der Waals surface area contributed by atoms with Crippen LogP contribution in [0.1, 0.15) is 61.3 Å². The van der Waals surface area contributed by atoms with Gasteiger partial charge in [-0.05, 0) is 25.3 Å². The first-order valence-corrected chi connectivity index (χ1v) is 9.47. The first kappa shape index (κ1) is 18.6. The van der Waals surface area contributed by atoms with Gasteiger partial charge in [0, 0.05) is 44.2 Å². The molecule has 0 bridgehead atoms. The van der Waals surface area contributed by atoms with Gasteiger partial charge in [0.05, 0.1) is 0 Å². The number of likely N-dealkylation sites (tertiary alicyclic amines) is 1. The van der Waals surface area contributed by atoms with E-state index in [1.54, 1.807) is 6.07 Å². The molecule has 0 unspecified atom stereocenters.